The van der Waals surface area contributed by atoms with E-state index in [1.807, 2.05) is 24.0 Å². The van der Waals surface area contributed by atoms with E-state index in [2.05, 4.69) is 4.98 Å². The van der Waals surface area contributed by atoms with Gasteiger partial charge in [0, 0.05) is 19.3 Å². The number of pyridine rings is 1. The summed E-state index contributed by atoms with van der Waals surface area (Å²) in [6.07, 6.45) is 2.41. The van der Waals surface area contributed by atoms with Gasteiger partial charge >= 0.3 is 0 Å². The van der Waals surface area contributed by atoms with Crippen LogP contribution < -0.4 is 4.90 Å². The zero-order chi connectivity index (χ0) is 10.2. The van der Waals surface area contributed by atoms with Crippen LogP contribution in [-0.4, -0.2) is 28.8 Å². The molecular weight excluding hydrogens is 200 g/mol. The van der Waals surface area contributed by atoms with Gasteiger partial charge in [0.15, 0.2) is 0 Å². The monoisotopic (exact) mass is 212 g/mol. The normalized spacial score (nSPS) is 19.2. The van der Waals surface area contributed by atoms with Crippen molar-refractivity contribution in [3.63, 3.8) is 0 Å². The highest BCUT2D eigenvalue weighted by Gasteiger charge is 2.39. The molecule has 3 nitrogen and oxygen atoms in total. The molecule has 1 saturated heterocycles. The van der Waals surface area contributed by atoms with Crippen LogP contribution >= 0.6 is 11.6 Å². The molecule has 1 aliphatic rings. The topological polar surface area (TPSA) is 36.4 Å². The summed E-state index contributed by atoms with van der Waals surface area (Å²) in [4.78, 5) is 6.22. The van der Waals surface area contributed by atoms with Gasteiger partial charge in [-0.15, -0.1) is 0 Å². The van der Waals surface area contributed by atoms with Gasteiger partial charge in [0.05, 0.1) is 10.6 Å². The maximum atomic E-state index is 9.81. The molecule has 0 saturated carbocycles. The van der Waals surface area contributed by atoms with E-state index >= 15 is 0 Å². The third-order valence-electron chi connectivity index (χ3n) is 2.66. The summed E-state index contributed by atoms with van der Waals surface area (Å²) in [5.74, 6) is 0.882. The Hall–Kier alpha value is -0.800. The molecule has 2 heterocycles. The Bertz CT molecular complexity index is 319. The summed E-state index contributed by atoms with van der Waals surface area (Å²) >= 11 is 5.73. The number of aromatic nitrogens is 1. The number of aliphatic hydroxyl groups is 1. The third kappa shape index (κ3) is 1.70. The Labute approximate surface area is 88.3 Å². The lowest BCUT2D eigenvalue weighted by Crippen LogP contribution is -2.61. The lowest BCUT2D eigenvalue weighted by atomic mass is 9.91. The van der Waals surface area contributed by atoms with Gasteiger partial charge < -0.3 is 10.0 Å². The van der Waals surface area contributed by atoms with Gasteiger partial charge in [0.1, 0.15) is 5.82 Å². The molecule has 0 aliphatic carbocycles. The fourth-order valence-corrected chi connectivity index (χ4v) is 1.72. The Morgan fingerprint density at radius 2 is 2.29 bits per heavy atom. The fraction of sp³-hybridized carbons (Fsp3) is 0.500. The molecule has 0 spiro atoms. The summed E-state index contributed by atoms with van der Waals surface area (Å²) < 4.78 is 0. The van der Waals surface area contributed by atoms with E-state index in [9.17, 15) is 5.11 Å². The molecule has 2 rings (SSSR count). The molecule has 4 heteroatoms. The quantitative estimate of drug-likeness (QED) is 0.811. The van der Waals surface area contributed by atoms with E-state index in [0.717, 1.165) is 12.2 Å². The number of β-amino-alcohol motifs (C(OH)–C–C–N with tert-alkyl or cyclic N) is 1. The first kappa shape index (κ1) is 9.74. The molecule has 0 unspecified atom stereocenters. The minimum atomic E-state index is -0.513. The zero-order valence-corrected chi connectivity index (χ0v) is 8.83. The van der Waals surface area contributed by atoms with Crippen molar-refractivity contribution >= 4 is 17.4 Å². The molecule has 0 amide bonds. The second-order valence-corrected chi connectivity index (χ2v) is 4.21. The number of rotatable bonds is 2. The van der Waals surface area contributed by atoms with Crippen LogP contribution in [0.5, 0.6) is 0 Å². The van der Waals surface area contributed by atoms with Crippen molar-refractivity contribution in [3.8, 4) is 0 Å². The lowest BCUT2D eigenvalue weighted by Gasteiger charge is -2.46. The Balaban J connectivity index is 2.03. The summed E-state index contributed by atoms with van der Waals surface area (Å²) in [7, 11) is 0. The molecule has 0 aromatic carbocycles. The van der Waals surface area contributed by atoms with Crippen LogP contribution in [0.3, 0.4) is 0 Å². The van der Waals surface area contributed by atoms with Crippen molar-refractivity contribution < 1.29 is 5.11 Å². The predicted octanol–water partition coefficient (Wildman–Crippen LogP) is 1.70. The van der Waals surface area contributed by atoms with E-state index in [0.29, 0.717) is 18.1 Å². The highest BCUT2D eigenvalue weighted by atomic mass is 35.5. The van der Waals surface area contributed by atoms with Crippen LogP contribution in [0.2, 0.25) is 5.02 Å². The molecule has 1 aromatic heterocycles. The van der Waals surface area contributed by atoms with Crippen molar-refractivity contribution in [2.75, 3.05) is 18.0 Å². The fourth-order valence-electron chi connectivity index (χ4n) is 1.60. The summed E-state index contributed by atoms with van der Waals surface area (Å²) in [5, 5.41) is 10.4. The summed E-state index contributed by atoms with van der Waals surface area (Å²) in [6.45, 7) is 3.32. The van der Waals surface area contributed by atoms with E-state index in [1.165, 1.54) is 0 Å². The maximum Gasteiger partial charge on any atom is 0.128 e. The van der Waals surface area contributed by atoms with Crippen LogP contribution in [0, 0.1) is 0 Å². The average molecular weight is 213 g/mol. The van der Waals surface area contributed by atoms with E-state index in [1.54, 1.807) is 6.20 Å². The largest absolute Gasteiger partial charge is 0.386 e. The molecule has 1 fully saturated rings. The average Bonchev–Trinajstić information content (AvgIpc) is 2.15. The van der Waals surface area contributed by atoms with Crippen molar-refractivity contribution in [3.05, 3.63) is 23.4 Å². The second kappa shape index (κ2) is 3.41. The SMILES string of the molecule is CCC1(O)CN(c2ccc(Cl)cn2)C1. The van der Waals surface area contributed by atoms with Gasteiger partial charge in [0.25, 0.3) is 0 Å². The van der Waals surface area contributed by atoms with Gasteiger partial charge in [-0.1, -0.05) is 18.5 Å². The van der Waals surface area contributed by atoms with Crippen molar-refractivity contribution in [2.45, 2.75) is 18.9 Å². The first-order chi connectivity index (χ1) is 6.63. The predicted molar refractivity (Wildman–Crippen MR) is 56.7 cm³/mol. The number of hydrogen-bond acceptors (Lipinski definition) is 3. The number of nitrogens with zero attached hydrogens (tertiary/aromatic N) is 2. The highest BCUT2D eigenvalue weighted by Crippen LogP contribution is 2.28. The van der Waals surface area contributed by atoms with Gasteiger partial charge in [0.2, 0.25) is 0 Å². The molecule has 14 heavy (non-hydrogen) atoms. The Morgan fingerprint density at radius 1 is 1.57 bits per heavy atom. The molecule has 0 atom stereocenters. The van der Waals surface area contributed by atoms with Crippen LogP contribution in [-0.2, 0) is 0 Å². The van der Waals surface area contributed by atoms with Gasteiger partial charge in [-0.05, 0) is 18.6 Å². The highest BCUT2D eigenvalue weighted by molar-refractivity contribution is 6.30. The zero-order valence-electron chi connectivity index (χ0n) is 8.07. The molecule has 1 aromatic rings. The Morgan fingerprint density at radius 3 is 2.79 bits per heavy atom. The maximum absolute atomic E-state index is 9.81. The standard InChI is InChI=1S/C10H13ClN2O/c1-2-10(14)6-13(7-10)9-4-3-8(11)5-12-9/h3-5,14H,2,6-7H2,1H3. The lowest BCUT2D eigenvalue weighted by molar-refractivity contribution is 0.00807. The minimum Gasteiger partial charge on any atom is -0.386 e. The van der Waals surface area contributed by atoms with E-state index < -0.39 is 5.60 Å². The molecule has 0 bridgehead atoms. The first-order valence-corrected chi connectivity index (χ1v) is 5.10. The van der Waals surface area contributed by atoms with Crippen LogP contribution in [0.4, 0.5) is 5.82 Å². The first-order valence-electron chi connectivity index (χ1n) is 4.72. The second-order valence-electron chi connectivity index (χ2n) is 3.77. The molecule has 0 radical (unpaired) electrons. The Kier molecular flexibility index (Phi) is 2.37. The van der Waals surface area contributed by atoms with Crippen LogP contribution in [0.15, 0.2) is 18.3 Å². The molecule has 1 N–H and O–H groups in total. The molecular formula is C10H13ClN2O. The van der Waals surface area contributed by atoms with Crippen LogP contribution in [0.1, 0.15) is 13.3 Å². The third-order valence-corrected chi connectivity index (χ3v) is 2.89. The van der Waals surface area contributed by atoms with E-state index in [-0.39, 0.29) is 0 Å². The molecule has 1 aliphatic heterocycles. The summed E-state index contributed by atoms with van der Waals surface area (Å²) in [5.41, 5.74) is -0.513. The van der Waals surface area contributed by atoms with Crippen molar-refractivity contribution in [1.29, 1.82) is 0 Å². The van der Waals surface area contributed by atoms with Crippen molar-refractivity contribution in [2.24, 2.45) is 0 Å². The van der Waals surface area contributed by atoms with Crippen molar-refractivity contribution in [1.82, 2.24) is 4.98 Å². The summed E-state index contributed by atoms with van der Waals surface area (Å²) in [6, 6.07) is 3.69. The van der Waals surface area contributed by atoms with Gasteiger partial charge in [-0.2, -0.15) is 0 Å². The number of anilines is 1. The van der Waals surface area contributed by atoms with E-state index in [4.69, 9.17) is 11.6 Å². The van der Waals surface area contributed by atoms with Gasteiger partial charge in [-0.3, -0.25) is 0 Å². The number of halogens is 1. The molecule has 76 valence electrons. The smallest absolute Gasteiger partial charge is 0.128 e. The number of hydrogen-bond donors (Lipinski definition) is 1. The van der Waals surface area contributed by atoms with Crippen LogP contribution in [0.25, 0.3) is 0 Å². The minimum absolute atomic E-state index is 0.513. The van der Waals surface area contributed by atoms with Gasteiger partial charge in [-0.25, -0.2) is 4.98 Å².